The molecule has 0 saturated heterocycles. The second-order valence-electron chi connectivity index (χ2n) is 4.46. The van der Waals surface area contributed by atoms with Crippen LogP contribution in [0.1, 0.15) is 31.9 Å². The number of nitrogens with two attached hydrogens (primary N) is 1. The molecule has 2 N–H and O–H groups in total. The molecule has 0 spiro atoms. The van der Waals surface area contributed by atoms with E-state index in [9.17, 15) is 4.79 Å². The van der Waals surface area contributed by atoms with Gasteiger partial charge in [0, 0.05) is 18.4 Å². The van der Waals surface area contributed by atoms with E-state index < -0.39 is 0 Å². The van der Waals surface area contributed by atoms with Crippen LogP contribution in [0.5, 0.6) is 0 Å². The highest BCUT2D eigenvalue weighted by Gasteiger charge is 2.16. The molecule has 0 heterocycles. The molecule has 2 nitrogen and oxygen atoms in total. The number of rotatable bonds is 5. The Morgan fingerprint density at radius 1 is 1.19 bits per heavy atom. The second kappa shape index (κ2) is 5.80. The molecule has 88 valence electrons. The fourth-order valence-electron chi connectivity index (χ4n) is 1.55. The van der Waals surface area contributed by atoms with E-state index in [1.54, 1.807) is 0 Å². The largest absolute Gasteiger partial charge is 0.327 e. The van der Waals surface area contributed by atoms with E-state index in [-0.39, 0.29) is 17.7 Å². The van der Waals surface area contributed by atoms with Crippen molar-refractivity contribution in [2.75, 3.05) is 0 Å². The van der Waals surface area contributed by atoms with Gasteiger partial charge in [-0.25, -0.2) is 0 Å². The van der Waals surface area contributed by atoms with Crippen LogP contribution >= 0.6 is 0 Å². The van der Waals surface area contributed by atoms with Gasteiger partial charge in [-0.2, -0.15) is 0 Å². The maximum atomic E-state index is 11.8. The summed E-state index contributed by atoms with van der Waals surface area (Å²) in [6, 6.07) is 8.16. The molecule has 0 amide bonds. The molecule has 0 aliphatic heterocycles. The zero-order valence-electron chi connectivity index (χ0n) is 10.4. The molecule has 0 aromatic heterocycles. The van der Waals surface area contributed by atoms with Crippen LogP contribution in [0.2, 0.25) is 0 Å². The monoisotopic (exact) mass is 219 g/mol. The molecule has 0 aliphatic rings. The number of hydrogen-bond acceptors (Lipinski definition) is 2. The molecular weight excluding hydrogens is 198 g/mol. The van der Waals surface area contributed by atoms with E-state index >= 15 is 0 Å². The van der Waals surface area contributed by atoms with Crippen molar-refractivity contribution in [2.24, 2.45) is 11.7 Å². The molecule has 16 heavy (non-hydrogen) atoms. The zero-order valence-corrected chi connectivity index (χ0v) is 10.4. The van der Waals surface area contributed by atoms with Gasteiger partial charge in [-0.3, -0.25) is 4.79 Å². The highest BCUT2D eigenvalue weighted by Crippen LogP contribution is 2.10. The first kappa shape index (κ1) is 12.9. The standard InChI is InChI=1S/C14H21NO/c1-4-12-5-7-13(8-6-12)9-14(16)10(2)11(3)15/h5-8,10-11H,4,9,15H2,1-3H3. The fourth-order valence-corrected chi connectivity index (χ4v) is 1.55. The average Bonchev–Trinajstić information content (AvgIpc) is 2.28. The quantitative estimate of drug-likeness (QED) is 0.826. The molecule has 1 rings (SSSR count). The normalized spacial score (nSPS) is 14.5. The lowest BCUT2D eigenvalue weighted by Crippen LogP contribution is -2.31. The summed E-state index contributed by atoms with van der Waals surface area (Å²) in [6.07, 6.45) is 1.52. The number of ketones is 1. The van der Waals surface area contributed by atoms with E-state index in [2.05, 4.69) is 19.1 Å². The highest BCUT2D eigenvalue weighted by atomic mass is 16.1. The van der Waals surface area contributed by atoms with Crippen molar-refractivity contribution >= 4 is 5.78 Å². The first-order chi connectivity index (χ1) is 7.54. The van der Waals surface area contributed by atoms with Gasteiger partial charge < -0.3 is 5.73 Å². The van der Waals surface area contributed by atoms with Crippen LogP contribution in [-0.2, 0) is 17.6 Å². The fraction of sp³-hybridized carbons (Fsp3) is 0.500. The van der Waals surface area contributed by atoms with Crippen molar-refractivity contribution in [1.29, 1.82) is 0 Å². The summed E-state index contributed by atoms with van der Waals surface area (Å²) in [5.74, 6) is 0.158. The van der Waals surface area contributed by atoms with Gasteiger partial charge >= 0.3 is 0 Å². The van der Waals surface area contributed by atoms with Gasteiger partial charge in [-0.05, 0) is 24.5 Å². The van der Waals surface area contributed by atoms with E-state index in [0.29, 0.717) is 6.42 Å². The minimum absolute atomic E-state index is 0.0640. The predicted octanol–water partition coefficient (Wildman–Crippen LogP) is 2.34. The summed E-state index contributed by atoms with van der Waals surface area (Å²) < 4.78 is 0. The first-order valence-corrected chi connectivity index (χ1v) is 5.90. The number of benzene rings is 1. The molecule has 1 aromatic carbocycles. The summed E-state index contributed by atoms with van der Waals surface area (Å²) in [7, 11) is 0. The minimum Gasteiger partial charge on any atom is -0.327 e. The predicted molar refractivity (Wildman–Crippen MR) is 67.3 cm³/mol. The van der Waals surface area contributed by atoms with Crippen molar-refractivity contribution in [2.45, 2.75) is 39.7 Å². The summed E-state index contributed by atoms with van der Waals surface area (Å²) in [6.45, 7) is 5.90. The Bertz CT molecular complexity index is 340. The first-order valence-electron chi connectivity index (χ1n) is 5.90. The van der Waals surface area contributed by atoms with Crippen LogP contribution in [0.15, 0.2) is 24.3 Å². The van der Waals surface area contributed by atoms with Crippen LogP contribution < -0.4 is 5.73 Å². The van der Waals surface area contributed by atoms with Gasteiger partial charge in [0.2, 0.25) is 0 Å². The van der Waals surface area contributed by atoms with Crippen LogP contribution in [0.25, 0.3) is 0 Å². The minimum atomic E-state index is -0.0672. The molecule has 0 fully saturated rings. The number of hydrogen-bond donors (Lipinski definition) is 1. The summed E-state index contributed by atoms with van der Waals surface area (Å²) in [4.78, 5) is 11.8. The van der Waals surface area contributed by atoms with Crippen LogP contribution in [0, 0.1) is 5.92 Å². The lowest BCUT2D eigenvalue weighted by molar-refractivity contribution is -0.122. The SMILES string of the molecule is CCc1ccc(CC(=O)C(C)C(C)N)cc1. The van der Waals surface area contributed by atoms with Gasteiger partial charge in [-0.1, -0.05) is 38.1 Å². The third kappa shape index (κ3) is 3.46. The number of aryl methyl sites for hydroxylation is 1. The lowest BCUT2D eigenvalue weighted by Gasteiger charge is -2.14. The van der Waals surface area contributed by atoms with Crippen molar-refractivity contribution in [3.63, 3.8) is 0 Å². The van der Waals surface area contributed by atoms with E-state index in [1.165, 1.54) is 5.56 Å². The van der Waals surface area contributed by atoms with Gasteiger partial charge in [0.25, 0.3) is 0 Å². The molecule has 0 aliphatic carbocycles. The van der Waals surface area contributed by atoms with E-state index in [1.807, 2.05) is 26.0 Å². The summed E-state index contributed by atoms with van der Waals surface area (Å²) >= 11 is 0. The number of carbonyl (C=O) groups is 1. The Balaban J connectivity index is 2.62. The summed E-state index contributed by atoms with van der Waals surface area (Å²) in [5, 5.41) is 0. The Kier molecular flexibility index (Phi) is 4.69. The molecular formula is C14H21NO. The Morgan fingerprint density at radius 3 is 2.12 bits per heavy atom. The lowest BCUT2D eigenvalue weighted by atomic mass is 9.94. The Labute approximate surface area is 97.9 Å². The number of Topliss-reactive ketones (excluding diaryl/α,β-unsaturated/α-hetero) is 1. The zero-order chi connectivity index (χ0) is 12.1. The second-order valence-corrected chi connectivity index (χ2v) is 4.46. The summed E-state index contributed by atoms with van der Waals surface area (Å²) in [5.41, 5.74) is 8.10. The van der Waals surface area contributed by atoms with Crippen molar-refractivity contribution in [3.8, 4) is 0 Å². The molecule has 0 saturated carbocycles. The van der Waals surface area contributed by atoms with Gasteiger partial charge in [0.15, 0.2) is 0 Å². The van der Waals surface area contributed by atoms with Gasteiger partial charge in [0.05, 0.1) is 0 Å². The van der Waals surface area contributed by atoms with Crippen molar-refractivity contribution in [1.82, 2.24) is 0 Å². The van der Waals surface area contributed by atoms with Crippen molar-refractivity contribution < 1.29 is 4.79 Å². The average molecular weight is 219 g/mol. The van der Waals surface area contributed by atoms with Gasteiger partial charge in [-0.15, -0.1) is 0 Å². The molecule has 1 aromatic rings. The molecule has 0 radical (unpaired) electrons. The maximum absolute atomic E-state index is 11.8. The molecule has 2 heteroatoms. The topological polar surface area (TPSA) is 43.1 Å². The van der Waals surface area contributed by atoms with Gasteiger partial charge in [0.1, 0.15) is 5.78 Å². The van der Waals surface area contributed by atoms with Crippen molar-refractivity contribution in [3.05, 3.63) is 35.4 Å². The maximum Gasteiger partial charge on any atom is 0.141 e. The third-order valence-corrected chi connectivity index (χ3v) is 3.11. The van der Waals surface area contributed by atoms with Crippen LogP contribution in [-0.4, -0.2) is 11.8 Å². The molecule has 2 atom stereocenters. The third-order valence-electron chi connectivity index (χ3n) is 3.11. The highest BCUT2D eigenvalue weighted by molar-refractivity contribution is 5.83. The van der Waals surface area contributed by atoms with Crippen LogP contribution in [0.4, 0.5) is 0 Å². The molecule has 2 unspecified atom stereocenters. The Morgan fingerprint density at radius 2 is 1.69 bits per heavy atom. The van der Waals surface area contributed by atoms with E-state index in [4.69, 9.17) is 5.73 Å². The van der Waals surface area contributed by atoms with Crippen LogP contribution in [0.3, 0.4) is 0 Å². The van der Waals surface area contributed by atoms with E-state index in [0.717, 1.165) is 12.0 Å². The number of carbonyl (C=O) groups excluding carboxylic acids is 1. The molecule has 0 bridgehead atoms. The smallest absolute Gasteiger partial charge is 0.141 e. The Hall–Kier alpha value is -1.15.